The first kappa shape index (κ1) is 17.1. The highest BCUT2D eigenvalue weighted by molar-refractivity contribution is 5.87. The van der Waals surface area contributed by atoms with Gasteiger partial charge in [0.05, 0.1) is 7.11 Å². The number of carbonyl (C=O) groups excluding carboxylic acids is 1. The third kappa shape index (κ3) is 2.64. The molecule has 0 heterocycles. The van der Waals surface area contributed by atoms with E-state index in [2.05, 4.69) is 32.0 Å². The monoisotopic (exact) mass is 340 g/mol. The Balaban J connectivity index is 1.66. The van der Waals surface area contributed by atoms with Gasteiger partial charge in [-0.2, -0.15) is 0 Å². The highest BCUT2D eigenvalue weighted by atomic mass is 16.5. The second-order valence-electron chi connectivity index (χ2n) is 8.89. The van der Waals surface area contributed by atoms with E-state index in [4.69, 9.17) is 4.74 Å². The first-order chi connectivity index (χ1) is 12.1. The van der Waals surface area contributed by atoms with Gasteiger partial charge in [0, 0.05) is 11.8 Å². The summed E-state index contributed by atoms with van der Waals surface area (Å²) in [5.74, 6) is 4.15. The number of fused-ring (bicyclic) bond motifs is 5. The normalized spacial score (nSPS) is 36.5. The summed E-state index contributed by atoms with van der Waals surface area (Å²) in [7, 11) is 1.75. The molecule has 0 radical (unpaired) electrons. The van der Waals surface area contributed by atoms with Crippen LogP contribution >= 0.6 is 0 Å². The van der Waals surface area contributed by atoms with Gasteiger partial charge in [0.2, 0.25) is 0 Å². The van der Waals surface area contributed by atoms with Gasteiger partial charge in [-0.1, -0.05) is 32.8 Å². The Labute approximate surface area is 152 Å². The molecule has 0 amide bonds. The van der Waals surface area contributed by atoms with Gasteiger partial charge in [0.1, 0.15) is 11.5 Å². The van der Waals surface area contributed by atoms with Crippen LogP contribution in [0.3, 0.4) is 0 Å². The minimum atomic E-state index is -0.0381. The number of rotatable bonds is 4. The lowest BCUT2D eigenvalue weighted by atomic mass is 9.54. The van der Waals surface area contributed by atoms with Crippen LogP contribution in [0.15, 0.2) is 18.2 Å². The lowest BCUT2D eigenvalue weighted by Gasteiger charge is -2.50. The number of carbonyl (C=O) groups is 1. The Hall–Kier alpha value is -1.31. The molecule has 4 rings (SSSR count). The summed E-state index contributed by atoms with van der Waals surface area (Å²) in [5.41, 5.74) is 3.00. The van der Waals surface area contributed by atoms with Crippen molar-refractivity contribution in [2.75, 3.05) is 7.11 Å². The molecule has 1 aromatic rings. The summed E-state index contributed by atoms with van der Waals surface area (Å²) in [4.78, 5) is 12.9. The Kier molecular flexibility index (Phi) is 4.42. The van der Waals surface area contributed by atoms with Gasteiger partial charge in [-0.15, -0.1) is 0 Å². The smallest absolute Gasteiger partial charge is 0.139 e. The molecule has 0 aromatic heterocycles. The Morgan fingerprint density at radius 3 is 2.88 bits per heavy atom. The van der Waals surface area contributed by atoms with E-state index in [0.29, 0.717) is 29.5 Å². The van der Waals surface area contributed by atoms with Crippen molar-refractivity contribution < 1.29 is 9.53 Å². The van der Waals surface area contributed by atoms with Crippen molar-refractivity contribution >= 4 is 5.78 Å². The molecule has 0 spiro atoms. The van der Waals surface area contributed by atoms with E-state index in [9.17, 15) is 4.79 Å². The third-order valence-electron chi connectivity index (χ3n) is 7.71. The number of benzene rings is 1. The van der Waals surface area contributed by atoms with Gasteiger partial charge in [-0.3, -0.25) is 4.79 Å². The maximum absolute atomic E-state index is 12.9. The Morgan fingerprint density at radius 2 is 2.12 bits per heavy atom. The maximum atomic E-state index is 12.9. The van der Waals surface area contributed by atoms with Crippen molar-refractivity contribution in [3.05, 3.63) is 29.3 Å². The molecule has 2 heteroatoms. The molecule has 3 aliphatic rings. The van der Waals surface area contributed by atoms with E-state index in [-0.39, 0.29) is 5.41 Å². The zero-order valence-corrected chi connectivity index (χ0v) is 16.0. The number of unbranched alkanes of at least 4 members (excludes halogenated alkanes) is 1. The summed E-state index contributed by atoms with van der Waals surface area (Å²) in [6.45, 7) is 4.57. The highest BCUT2D eigenvalue weighted by Crippen LogP contribution is 2.62. The number of ether oxygens (including phenoxy) is 1. The second kappa shape index (κ2) is 6.45. The molecule has 0 unspecified atom stereocenters. The average Bonchev–Trinajstić information content (AvgIpc) is 2.89. The number of ketones is 1. The van der Waals surface area contributed by atoms with E-state index in [1.54, 1.807) is 12.7 Å². The van der Waals surface area contributed by atoms with E-state index in [0.717, 1.165) is 25.0 Å². The van der Waals surface area contributed by atoms with Gasteiger partial charge in [0.15, 0.2) is 0 Å². The molecule has 25 heavy (non-hydrogen) atoms. The molecule has 5 atom stereocenters. The highest BCUT2D eigenvalue weighted by Gasteiger charge is 2.58. The van der Waals surface area contributed by atoms with Crippen LogP contribution in [0, 0.1) is 23.2 Å². The second-order valence-corrected chi connectivity index (χ2v) is 8.89. The predicted octanol–water partition coefficient (Wildman–Crippen LogP) is 5.54. The van der Waals surface area contributed by atoms with Crippen LogP contribution in [-0.2, 0) is 11.2 Å². The zero-order valence-electron chi connectivity index (χ0n) is 16.0. The molecular weight excluding hydrogens is 308 g/mol. The Morgan fingerprint density at radius 1 is 1.28 bits per heavy atom. The minimum absolute atomic E-state index is 0.0381. The van der Waals surface area contributed by atoms with Gasteiger partial charge in [-0.05, 0) is 79.0 Å². The lowest BCUT2D eigenvalue weighted by Crippen LogP contribution is -2.44. The number of hydrogen-bond acceptors (Lipinski definition) is 2. The number of hydrogen-bond donors (Lipinski definition) is 0. The van der Waals surface area contributed by atoms with Crippen molar-refractivity contribution in [2.24, 2.45) is 23.2 Å². The minimum Gasteiger partial charge on any atom is -0.497 e. The zero-order chi connectivity index (χ0) is 17.6. The first-order valence-electron chi connectivity index (χ1n) is 10.3. The third-order valence-corrected chi connectivity index (χ3v) is 7.71. The summed E-state index contributed by atoms with van der Waals surface area (Å²) >= 11 is 0. The fourth-order valence-corrected chi connectivity index (χ4v) is 6.48. The standard InChI is InChI=1S/C23H32O2/c1-4-5-6-16-14-21(24)23(2)12-11-19-18-10-8-17(25-3)13-15(18)7-9-20(19)22(16)23/h8,10,13,16,19-20,22H,4-7,9,11-12,14H2,1-3H3/t16-,19-,20-,22+,23-/m1/s1. The van der Waals surface area contributed by atoms with Gasteiger partial charge < -0.3 is 4.74 Å². The van der Waals surface area contributed by atoms with Crippen molar-refractivity contribution in [3.63, 3.8) is 0 Å². The molecule has 2 fully saturated rings. The van der Waals surface area contributed by atoms with Crippen LogP contribution in [0.2, 0.25) is 0 Å². The maximum Gasteiger partial charge on any atom is 0.139 e. The molecule has 3 aliphatic carbocycles. The van der Waals surface area contributed by atoms with Crippen molar-refractivity contribution in [2.45, 2.75) is 71.1 Å². The Bertz CT molecular complexity index is 664. The molecule has 0 bridgehead atoms. The molecule has 136 valence electrons. The lowest BCUT2D eigenvalue weighted by molar-refractivity contribution is -0.129. The van der Waals surface area contributed by atoms with Gasteiger partial charge >= 0.3 is 0 Å². The fraction of sp³-hybridized carbons (Fsp3) is 0.696. The topological polar surface area (TPSA) is 26.3 Å². The van der Waals surface area contributed by atoms with Crippen LogP contribution in [0.1, 0.15) is 75.8 Å². The van der Waals surface area contributed by atoms with Crippen LogP contribution in [0.4, 0.5) is 0 Å². The predicted molar refractivity (Wildman–Crippen MR) is 101 cm³/mol. The number of aryl methyl sites for hydroxylation is 1. The van der Waals surface area contributed by atoms with Crippen molar-refractivity contribution in [3.8, 4) is 5.75 Å². The molecular formula is C23H32O2. The van der Waals surface area contributed by atoms with Crippen LogP contribution in [0.5, 0.6) is 5.75 Å². The largest absolute Gasteiger partial charge is 0.497 e. The molecule has 2 saturated carbocycles. The van der Waals surface area contributed by atoms with Gasteiger partial charge in [-0.25, -0.2) is 0 Å². The fourth-order valence-electron chi connectivity index (χ4n) is 6.48. The SMILES string of the molecule is CCCC[C@@H]1CC(=O)[C@@]2(C)CC[C@@H]3c4ccc(OC)cc4CC[C@H]3[C@H]12. The first-order valence-corrected chi connectivity index (χ1v) is 10.3. The molecule has 0 saturated heterocycles. The van der Waals surface area contributed by atoms with E-state index in [1.165, 1.54) is 37.7 Å². The summed E-state index contributed by atoms with van der Waals surface area (Å²) in [5, 5.41) is 0. The van der Waals surface area contributed by atoms with Crippen molar-refractivity contribution in [1.82, 2.24) is 0 Å². The van der Waals surface area contributed by atoms with E-state index < -0.39 is 0 Å². The summed E-state index contributed by atoms with van der Waals surface area (Å²) in [6.07, 6.45) is 9.28. The number of methoxy groups -OCH3 is 1. The molecule has 0 aliphatic heterocycles. The van der Waals surface area contributed by atoms with E-state index >= 15 is 0 Å². The molecule has 2 nitrogen and oxygen atoms in total. The van der Waals surface area contributed by atoms with Crippen molar-refractivity contribution in [1.29, 1.82) is 0 Å². The van der Waals surface area contributed by atoms with Crippen LogP contribution in [0.25, 0.3) is 0 Å². The van der Waals surface area contributed by atoms with E-state index in [1.807, 2.05) is 0 Å². The average molecular weight is 341 g/mol. The van der Waals surface area contributed by atoms with Crippen LogP contribution in [-0.4, -0.2) is 12.9 Å². The quantitative estimate of drug-likeness (QED) is 0.719. The van der Waals surface area contributed by atoms with Crippen LogP contribution < -0.4 is 4.74 Å². The van der Waals surface area contributed by atoms with Gasteiger partial charge in [0.25, 0.3) is 0 Å². The molecule has 1 aromatic carbocycles. The summed E-state index contributed by atoms with van der Waals surface area (Å²) in [6, 6.07) is 6.68. The summed E-state index contributed by atoms with van der Waals surface area (Å²) < 4.78 is 5.43. The number of Topliss-reactive ketones (excluding diaryl/α,β-unsaturated/α-hetero) is 1. The molecule has 0 N–H and O–H groups in total.